The molecular weight excluding hydrogens is 174 g/mol. The van der Waals surface area contributed by atoms with Crippen LogP contribution in [0.2, 0.25) is 0 Å². The van der Waals surface area contributed by atoms with Gasteiger partial charge in [0.05, 0.1) is 11.9 Å². The van der Waals surface area contributed by atoms with E-state index in [1.807, 2.05) is 12.5 Å². The summed E-state index contributed by atoms with van der Waals surface area (Å²) in [5.74, 6) is 0. The molecule has 1 fully saturated rings. The molecule has 0 aliphatic heterocycles. The summed E-state index contributed by atoms with van der Waals surface area (Å²) in [6, 6.07) is 0. The number of hydrogen-bond acceptors (Lipinski definition) is 2. The standard InChI is InChI=1S/C11H19N3/c1-2-10-7-13-9-14(10)11(8-12)5-3-4-6-11/h7,9H,2-6,8,12H2,1H3. The van der Waals surface area contributed by atoms with Crippen molar-refractivity contribution in [2.45, 2.75) is 44.6 Å². The van der Waals surface area contributed by atoms with E-state index in [1.54, 1.807) is 0 Å². The predicted molar refractivity (Wildman–Crippen MR) is 57.1 cm³/mol. The Bertz CT molecular complexity index is 297. The number of hydrogen-bond donors (Lipinski definition) is 1. The molecular formula is C11H19N3. The van der Waals surface area contributed by atoms with Crippen molar-refractivity contribution in [1.82, 2.24) is 9.55 Å². The molecule has 2 rings (SSSR count). The smallest absolute Gasteiger partial charge is 0.0953 e. The summed E-state index contributed by atoms with van der Waals surface area (Å²) in [6.07, 6.45) is 10.0. The molecule has 0 saturated heterocycles. The predicted octanol–water partition coefficient (Wildman–Crippen LogP) is 1.67. The summed E-state index contributed by atoms with van der Waals surface area (Å²) < 4.78 is 2.32. The minimum Gasteiger partial charge on any atom is -0.328 e. The third-order valence-electron chi connectivity index (χ3n) is 3.50. The zero-order valence-corrected chi connectivity index (χ0v) is 8.87. The average Bonchev–Trinajstić information content (AvgIpc) is 2.86. The molecule has 1 heterocycles. The summed E-state index contributed by atoms with van der Waals surface area (Å²) >= 11 is 0. The van der Waals surface area contributed by atoms with E-state index in [-0.39, 0.29) is 5.54 Å². The van der Waals surface area contributed by atoms with Gasteiger partial charge in [-0.1, -0.05) is 19.8 Å². The molecule has 0 spiro atoms. The van der Waals surface area contributed by atoms with Gasteiger partial charge in [-0.2, -0.15) is 0 Å². The number of nitrogens with two attached hydrogens (primary N) is 1. The van der Waals surface area contributed by atoms with E-state index in [9.17, 15) is 0 Å². The van der Waals surface area contributed by atoms with Crippen molar-refractivity contribution in [3.8, 4) is 0 Å². The fourth-order valence-corrected chi connectivity index (χ4v) is 2.59. The fraction of sp³-hybridized carbons (Fsp3) is 0.727. The van der Waals surface area contributed by atoms with E-state index in [1.165, 1.54) is 31.4 Å². The Labute approximate surface area is 85.3 Å². The van der Waals surface area contributed by atoms with Crippen LogP contribution in [0, 0.1) is 0 Å². The third kappa shape index (κ3) is 1.36. The van der Waals surface area contributed by atoms with Gasteiger partial charge in [0.15, 0.2) is 0 Å². The molecule has 0 atom stereocenters. The highest BCUT2D eigenvalue weighted by Crippen LogP contribution is 2.36. The van der Waals surface area contributed by atoms with Crippen LogP contribution < -0.4 is 5.73 Å². The maximum atomic E-state index is 5.93. The molecule has 0 radical (unpaired) electrons. The highest BCUT2D eigenvalue weighted by atomic mass is 15.1. The SMILES string of the molecule is CCc1cncn1C1(CN)CCCC1. The molecule has 0 unspecified atom stereocenters. The Morgan fingerprint density at radius 2 is 2.21 bits per heavy atom. The molecule has 2 N–H and O–H groups in total. The Morgan fingerprint density at radius 1 is 1.50 bits per heavy atom. The van der Waals surface area contributed by atoms with Crippen LogP contribution in [0.25, 0.3) is 0 Å². The van der Waals surface area contributed by atoms with E-state index in [4.69, 9.17) is 5.73 Å². The Kier molecular flexibility index (Phi) is 2.59. The van der Waals surface area contributed by atoms with Crippen LogP contribution in [-0.4, -0.2) is 16.1 Å². The normalized spacial score (nSPS) is 20.1. The van der Waals surface area contributed by atoms with Crippen molar-refractivity contribution < 1.29 is 0 Å². The summed E-state index contributed by atoms with van der Waals surface area (Å²) in [5, 5.41) is 0. The second kappa shape index (κ2) is 3.73. The zero-order valence-electron chi connectivity index (χ0n) is 8.87. The molecule has 3 nitrogen and oxygen atoms in total. The van der Waals surface area contributed by atoms with Gasteiger partial charge in [0, 0.05) is 18.4 Å². The number of rotatable bonds is 3. The lowest BCUT2D eigenvalue weighted by molar-refractivity contribution is 0.296. The largest absolute Gasteiger partial charge is 0.328 e. The van der Waals surface area contributed by atoms with Crippen LogP contribution in [0.15, 0.2) is 12.5 Å². The number of imidazole rings is 1. The van der Waals surface area contributed by atoms with Gasteiger partial charge in [-0.05, 0) is 19.3 Å². The average molecular weight is 193 g/mol. The molecule has 78 valence electrons. The van der Waals surface area contributed by atoms with Crippen molar-refractivity contribution in [1.29, 1.82) is 0 Å². The molecule has 14 heavy (non-hydrogen) atoms. The maximum Gasteiger partial charge on any atom is 0.0953 e. The Balaban J connectivity index is 2.35. The summed E-state index contributed by atoms with van der Waals surface area (Å²) in [4.78, 5) is 4.24. The second-order valence-electron chi connectivity index (χ2n) is 4.24. The van der Waals surface area contributed by atoms with E-state index in [2.05, 4.69) is 16.5 Å². The van der Waals surface area contributed by atoms with Crippen molar-refractivity contribution >= 4 is 0 Å². The summed E-state index contributed by atoms with van der Waals surface area (Å²) in [7, 11) is 0. The van der Waals surface area contributed by atoms with Gasteiger partial charge >= 0.3 is 0 Å². The molecule has 1 aromatic heterocycles. The zero-order chi connectivity index (χ0) is 10.0. The first kappa shape index (κ1) is 9.71. The van der Waals surface area contributed by atoms with Gasteiger partial charge in [0.1, 0.15) is 0 Å². The molecule has 1 saturated carbocycles. The van der Waals surface area contributed by atoms with Crippen molar-refractivity contribution in [2.24, 2.45) is 5.73 Å². The quantitative estimate of drug-likeness (QED) is 0.793. The number of nitrogens with zero attached hydrogens (tertiary/aromatic N) is 2. The summed E-state index contributed by atoms with van der Waals surface area (Å²) in [5.41, 5.74) is 7.43. The van der Waals surface area contributed by atoms with Gasteiger partial charge in [0.25, 0.3) is 0 Å². The van der Waals surface area contributed by atoms with Crippen LogP contribution in [0.4, 0.5) is 0 Å². The first-order valence-corrected chi connectivity index (χ1v) is 5.54. The lowest BCUT2D eigenvalue weighted by Crippen LogP contribution is -2.39. The lowest BCUT2D eigenvalue weighted by atomic mass is 9.97. The van der Waals surface area contributed by atoms with Crippen LogP contribution in [0.5, 0.6) is 0 Å². The van der Waals surface area contributed by atoms with Crippen molar-refractivity contribution in [3.05, 3.63) is 18.2 Å². The van der Waals surface area contributed by atoms with Gasteiger partial charge < -0.3 is 10.3 Å². The van der Waals surface area contributed by atoms with Crippen molar-refractivity contribution in [3.63, 3.8) is 0 Å². The van der Waals surface area contributed by atoms with E-state index in [0.29, 0.717) is 0 Å². The molecule has 3 heteroatoms. The molecule has 1 aromatic rings. The summed E-state index contributed by atoms with van der Waals surface area (Å²) in [6.45, 7) is 2.92. The van der Waals surface area contributed by atoms with Gasteiger partial charge in [-0.3, -0.25) is 0 Å². The van der Waals surface area contributed by atoms with Gasteiger partial charge in [0.2, 0.25) is 0 Å². The van der Waals surface area contributed by atoms with Crippen LogP contribution in [-0.2, 0) is 12.0 Å². The Hall–Kier alpha value is -0.830. The van der Waals surface area contributed by atoms with E-state index >= 15 is 0 Å². The van der Waals surface area contributed by atoms with E-state index in [0.717, 1.165) is 13.0 Å². The second-order valence-corrected chi connectivity index (χ2v) is 4.24. The molecule has 0 bridgehead atoms. The van der Waals surface area contributed by atoms with Gasteiger partial charge in [-0.25, -0.2) is 4.98 Å². The molecule has 0 aromatic carbocycles. The first-order valence-electron chi connectivity index (χ1n) is 5.54. The van der Waals surface area contributed by atoms with Gasteiger partial charge in [-0.15, -0.1) is 0 Å². The topological polar surface area (TPSA) is 43.8 Å². The molecule has 1 aliphatic carbocycles. The van der Waals surface area contributed by atoms with Crippen LogP contribution in [0.1, 0.15) is 38.3 Å². The van der Waals surface area contributed by atoms with Crippen molar-refractivity contribution in [2.75, 3.05) is 6.54 Å². The highest BCUT2D eigenvalue weighted by molar-refractivity contribution is 5.06. The number of aromatic nitrogens is 2. The highest BCUT2D eigenvalue weighted by Gasteiger charge is 2.34. The molecule has 0 amide bonds. The first-order chi connectivity index (χ1) is 6.82. The third-order valence-corrected chi connectivity index (χ3v) is 3.50. The van der Waals surface area contributed by atoms with Crippen LogP contribution in [0.3, 0.4) is 0 Å². The minimum atomic E-state index is 0.182. The minimum absolute atomic E-state index is 0.182. The molecule has 1 aliphatic rings. The lowest BCUT2D eigenvalue weighted by Gasteiger charge is -2.30. The fourth-order valence-electron chi connectivity index (χ4n) is 2.59. The Morgan fingerprint density at radius 3 is 2.79 bits per heavy atom. The number of aryl methyl sites for hydroxylation is 1. The van der Waals surface area contributed by atoms with Crippen LogP contribution >= 0.6 is 0 Å². The maximum absolute atomic E-state index is 5.93. The van der Waals surface area contributed by atoms with E-state index < -0.39 is 0 Å². The monoisotopic (exact) mass is 193 g/mol.